The van der Waals surface area contributed by atoms with E-state index < -0.39 is 12.1 Å². The van der Waals surface area contributed by atoms with Gasteiger partial charge in [-0.05, 0) is 58.0 Å². The molecule has 0 saturated carbocycles. The zero-order valence-corrected chi connectivity index (χ0v) is 16.9. The number of rotatable bonds is 2. The van der Waals surface area contributed by atoms with Gasteiger partial charge in [-0.3, -0.25) is 4.79 Å². The Kier molecular flexibility index (Phi) is 7.81. The summed E-state index contributed by atoms with van der Waals surface area (Å²) in [5.41, 5.74) is 0.336. The van der Waals surface area contributed by atoms with Crippen LogP contribution in [0.3, 0.4) is 0 Å². The number of ether oxygens (including phenoxy) is 1. The number of hydrogen-bond donors (Lipinski definition) is 1. The van der Waals surface area contributed by atoms with Crippen LogP contribution in [0.1, 0.15) is 36.0 Å². The maximum atomic E-state index is 13.3. The Bertz CT molecular complexity index is 747. The van der Waals surface area contributed by atoms with Gasteiger partial charge in [0.1, 0.15) is 5.82 Å². The number of carboxylic acid groups (broad SMARTS) is 1. The monoisotopic (exact) mass is 434 g/mol. The fourth-order valence-corrected chi connectivity index (χ4v) is 3.71. The number of aliphatic carboxylic acids is 1. The van der Waals surface area contributed by atoms with Gasteiger partial charge in [0, 0.05) is 31.3 Å². The summed E-state index contributed by atoms with van der Waals surface area (Å²) in [5.74, 6) is -3.21. The van der Waals surface area contributed by atoms with Gasteiger partial charge in [-0.2, -0.15) is 13.2 Å². The van der Waals surface area contributed by atoms with Crippen LogP contribution >= 0.6 is 0 Å². The molecule has 0 aromatic heterocycles. The average molecular weight is 434 g/mol. The Morgan fingerprint density at radius 2 is 1.83 bits per heavy atom. The smallest absolute Gasteiger partial charge is 0.475 e. The van der Waals surface area contributed by atoms with Crippen LogP contribution < -0.4 is 0 Å². The summed E-state index contributed by atoms with van der Waals surface area (Å²) >= 11 is 0. The first-order valence-electron chi connectivity index (χ1n) is 9.59. The molecule has 2 heterocycles. The van der Waals surface area contributed by atoms with Gasteiger partial charge in [0.2, 0.25) is 0 Å². The van der Waals surface area contributed by atoms with Gasteiger partial charge in [-0.15, -0.1) is 0 Å². The molecule has 1 spiro atoms. The fourth-order valence-electron chi connectivity index (χ4n) is 3.71. The highest BCUT2D eigenvalue weighted by Gasteiger charge is 2.41. The lowest BCUT2D eigenvalue weighted by Crippen LogP contribution is -2.53. The Morgan fingerprint density at radius 1 is 1.23 bits per heavy atom. The molecule has 2 saturated heterocycles. The van der Waals surface area contributed by atoms with Gasteiger partial charge >= 0.3 is 12.1 Å². The highest BCUT2D eigenvalue weighted by molar-refractivity contribution is 5.94. The van der Waals surface area contributed by atoms with E-state index in [2.05, 4.69) is 19.0 Å². The predicted molar refractivity (Wildman–Crippen MR) is 101 cm³/mol. The van der Waals surface area contributed by atoms with Crippen LogP contribution in [0, 0.1) is 5.82 Å². The van der Waals surface area contributed by atoms with Gasteiger partial charge < -0.3 is 19.6 Å². The van der Waals surface area contributed by atoms with Crippen LogP contribution in [0.4, 0.5) is 17.6 Å². The number of halogens is 4. The van der Waals surface area contributed by atoms with E-state index in [1.165, 1.54) is 12.1 Å². The van der Waals surface area contributed by atoms with Gasteiger partial charge in [-0.25, -0.2) is 9.18 Å². The zero-order valence-electron chi connectivity index (χ0n) is 16.9. The van der Waals surface area contributed by atoms with Gasteiger partial charge in [0.15, 0.2) is 0 Å². The highest BCUT2D eigenvalue weighted by Crippen LogP contribution is 2.36. The number of piperidine rings is 1. The quantitative estimate of drug-likeness (QED) is 0.725. The van der Waals surface area contributed by atoms with E-state index in [9.17, 15) is 22.4 Å². The van der Waals surface area contributed by atoms with Gasteiger partial charge in [0.05, 0.1) is 5.60 Å². The number of hydrogen-bond acceptors (Lipinski definition) is 4. The van der Waals surface area contributed by atoms with Crippen LogP contribution in [0.25, 0.3) is 0 Å². The molecule has 30 heavy (non-hydrogen) atoms. The van der Waals surface area contributed by atoms with E-state index in [1.54, 1.807) is 12.1 Å². The lowest BCUT2D eigenvalue weighted by molar-refractivity contribution is -0.192. The summed E-state index contributed by atoms with van der Waals surface area (Å²) in [5, 5.41) is 7.12. The van der Waals surface area contributed by atoms with E-state index in [-0.39, 0.29) is 17.3 Å². The second-order valence-electron chi connectivity index (χ2n) is 7.75. The third kappa shape index (κ3) is 6.40. The van der Waals surface area contributed by atoms with Crippen molar-refractivity contribution in [2.45, 2.75) is 43.5 Å². The highest BCUT2D eigenvalue weighted by atomic mass is 19.4. The number of nitrogens with zero attached hydrogens (tertiary/aromatic N) is 2. The maximum absolute atomic E-state index is 13.3. The van der Waals surface area contributed by atoms with E-state index in [4.69, 9.17) is 14.6 Å². The SMILES string of the molecule is CN(C)C1CCOC2(CCN(C(=O)c3cccc(F)c3)CC2)C1.O=C(O)C(F)(F)F. The third-order valence-electron chi connectivity index (χ3n) is 5.47. The molecule has 1 atom stereocenters. The Hall–Kier alpha value is -2.20. The lowest BCUT2D eigenvalue weighted by atomic mass is 9.82. The van der Waals surface area contributed by atoms with Crippen molar-refractivity contribution in [2.75, 3.05) is 33.8 Å². The van der Waals surface area contributed by atoms with Crippen molar-refractivity contribution >= 4 is 11.9 Å². The van der Waals surface area contributed by atoms with E-state index in [0.717, 1.165) is 32.3 Å². The summed E-state index contributed by atoms with van der Waals surface area (Å²) in [6.45, 7) is 2.14. The van der Waals surface area contributed by atoms with Gasteiger partial charge in [0.25, 0.3) is 5.91 Å². The molecule has 1 unspecified atom stereocenters. The van der Waals surface area contributed by atoms with Crippen molar-refractivity contribution in [2.24, 2.45) is 0 Å². The van der Waals surface area contributed by atoms with Crippen LogP contribution in [0.2, 0.25) is 0 Å². The summed E-state index contributed by atoms with van der Waals surface area (Å²) < 4.78 is 51.2. The molecule has 0 bridgehead atoms. The first-order chi connectivity index (χ1) is 13.9. The number of carboxylic acids is 1. The summed E-state index contributed by atoms with van der Waals surface area (Å²) in [4.78, 5) is 25.5. The molecule has 1 aromatic carbocycles. The van der Waals surface area contributed by atoms with E-state index >= 15 is 0 Å². The van der Waals surface area contributed by atoms with Crippen molar-refractivity contribution in [1.29, 1.82) is 0 Å². The molecule has 10 heteroatoms. The summed E-state index contributed by atoms with van der Waals surface area (Å²) in [6.07, 6.45) is -1.26. The second kappa shape index (κ2) is 9.74. The third-order valence-corrected chi connectivity index (χ3v) is 5.47. The number of benzene rings is 1. The van der Waals surface area contributed by atoms with Crippen molar-refractivity contribution in [3.8, 4) is 0 Å². The second-order valence-corrected chi connectivity index (χ2v) is 7.75. The normalized spacial score (nSPS) is 21.2. The van der Waals surface area contributed by atoms with Crippen molar-refractivity contribution in [3.05, 3.63) is 35.6 Å². The average Bonchev–Trinajstić information content (AvgIpc) is 2.68. The molecule has 2 aliphatic rings. The van der Waals surface area contributed by atoms with Crippen LogP contribution in [0.15, 0.2) is 24.3 Å². The minimum absolute atomic E-state index is 0.0840. The van der Waals surface area contributed by atoms with E-state index in [0.29, 0.717) is 24.7 Å². The first kappa shape index (κ1) is 24.1. The molecule has 3 rings (SSSR count). The molecule has 0 radical (unpaired) electrons. The fraction of sp³-hybridized carbons (Fsp3) is 0.600. The zero-order chi connectivity index (χ0) is 22.5. The van der Waals surface area contributed by atoms with E-state index in [1.807, 2.05) is 4.90 Å². The number of carbonyl (C=O) groups excluding carboxylic acids is 1. The number of amides is 1. The van der Waals surface area contributed by atoms with Crippen molar-refractivity contribution in [3.63, 3.8) is 0 Å². The standard InChI is InChI=1S/C18H25FN2O2.C2HF3O2/c1-20(2)16-6-11-23-18(13-16)7-9-21(10-8-18)17(22)14-4-3-5-15(19)12-14;3-2(4,5)1(6)7/h3-5,12,16H,6-11,13H2,1-2H3;(H,6,7). The molecule has 2 aliphatic heterocycles. The maximum Gasteiger partial charge on any atom is 0.490 e. The summed E-state index contributed by atoms with van der Waals surface area (Å²) in [6, 6.07) is 6.48. The number of likely N-dealkylation sites (tertiary alicyclic amines) is 1. The first-order valence-corrected chi connectivity index (χ1v) is 9.59. The Balaban J connectivity index is 0.000000396. The van der Waals surface area contributed by atoms with Crippen molar-refractivity contribution in [1.82, 2.24) is 9.80 Å². The molecular formula is C20H26F4N2O4. The molecular weight excluding hydrogens is 408 g/mol. The predicted octanol–water partition coefficient (Wildman–Crippen LogP) is 3.17. The van der Waals surface area contributed by atoms with Crippen LogP contribution in [0.5, 0.6) is 0 Å². The van der Waals surface area contributed by atoms with Gasteiger partial charge in [-0.1, -0.05) is 6.07 Å². The van der Waals surface area contributed by atoms with Crippen molar-refractivity contribution < 1.29 is 37.0 Å². The molecule has 6 nitrogen and oxygen atoms in total. The summed E-state index contributed by atoms with van der Waals surface area (Å²) in [7, 11) is 4.23. The molecule has 1 aromatic rings. The Labute approximate surface area is 172 Å². The molecule has 1 N–H and O–H groups in total. The number of alkyl halides is 3. The van der Waals surface area contributed by atoms with Crippen LogP contribution in [-0.4, -0.2) is 78.4 Å². The lowest BCUT2D eigenvalue weighted by Gasteiger charge is -2.47. The minimum Gasteiger partial charge on any atom is -0.475 e. The molecule has 0 aliphatic carbocycles. The molecule has 1 amide bonds. The minimum atomic E-state index is -5.08. The topological polar surface area (TPSA) is 70.1 Å². The van der Waals surface area contributed by atoms with Crippen LogP contribution in [-0.2, 0) is 9.53 Å². The largest absolute Gasteiger partial charge is 0.490 e. The molecule has 168 valence electrons. The Morgan fingerprint density at radius 3 is 2.33 bits per heavy atom. The molecule has 2 fully saturated rings. The number of carbonyl (C=O) groups is 2.